The fourth-order valence-electron chi connectivity index (χ4n) is 4.31. The van der Waals surface area contributed by atoms with Crippen LogP contribution in [-0.2, 0) is 4.74 Å². The number of nitrogens with zero attached hydrogens (tertiary/aromatic N) is 1. The summed E-state index contributed by atoms with van der Waals surface area (Å²) < 4.78 is 12.1. The number of benzene rings is 2. The van der Waals surface area contributed by atoms with Crippen molar-refractivity contribution in [1.29, 1.82) is 0 Å². The van der Waals surface area contributed by atoms with E-state index in [9.17, 15) is 4.79 Å². The predicted molar refractivity (Wildman–Crippen MR) is 90.9 cm³/mol. The van der Waals surface area contributed by atoms with Gasteiger partial charge in [-0.05, 0) is 49.9 Å². The van der Waals surface area contributed by atoms with E-state index in [1.165, 1.54) is 0 Å². The monoisotopic (exact) mass is 341 g/mol. The van der Waals surface area contributed by atoms with Crippen molar-refractivity contribution in [3.8, 4) is 11.5 Å². The Morgan fingerprint density at radius 3 is 2.71 bits per heavy atom. The highest BCUT2D eigenvalue weighted by Gasteiger charge is 2.58. The highest BCUT2D eigenvalue weighted by atomic mass is 35.5. The van der Waals surface area contributed by atoms with Crippen LogP contribution in [0.25, 0.3) is 0 Å². The minimum absolute atomic E-state index is 0.177. The zero-order chi connectivity index (χ0) is 16.3. The number of fused-ring (bicyclic) bond motifs is 6. The summed E-state index contributed by atoms with van der Waals surface area (Å²) in [7, 11) is 0. The Bertz CT molecular complexity index is 844. The van der Waals surface area contributed by atoms with Crippen LogP contribution in [0.2, 0.25) is 5.02 Å². The number of hydrogen-bond donors (Lipinski definition) is 0. The molecule has 1 spiro atoms. The zero-order valence-corrected chi connectivity index (χ0v) is 13.8. The fraction of sp³-hybridized carbons (Fsp3) is 0.316. The molecule has 2 heterocycles. The molecule has 0 radical (unpaired) electrons. The van der Waals surface area contributed by atoms with Gasteiger partial charge in [0.15, 0.2) is 5.75 Å². The quantitative estimate of drug-likeness (QED) is 0.639. The number of carbonyl (C=O) groups excluding carboxylic acids is 1. The number of carbonyl (C=O) groups is 1. The van der Waals surface area contributed by atoms with Crippen LogP contribution < -0.4 is 9.64 Å². The molecule has 2 aromatic carbocycles. The molecule has 2 fully saturated rings. The van der Waals surface area contributed by atoms with Crippen LogP contribution >= 0.6 is 11.6 Å². The molecule has 5 heteroatoms. The molecular weight excluding hydrogens is 326 g/mol. The van der Waals surface area contributed by atoms with Gasteiger partial charge in [0, 0.05) is 10.6 Å². The second-order valence-corrected chi connectivity index (χ2v) is 7.10. The minimum atomic E-state index is -0.472. The van der Waals surface area contributed by atoms with Crippen LogP contribution in [0.1, 0.15) is 37.3 Å². The number of halogens is 1. The van der Waals surface area contributed by atoms with Gasteiger partial charge in [0.1, 0.15) is 17.4 Å². The normalized spacial score (nSPS) is 23.1. The molecule has 1 saturated carbocycles. The minimum Gasteiger partial charge on any atom is -0.455 e. The van der Waals surface area contributed by atoms with Gasteiger partial charge in [0.25, 0.3) is 0 Å². The first-order chi connectivity index (χ1) is 11.7. The van der Waals surface area contributed by atoms with Crippen LogP contribution in [0.4, 0.5) is 10.5 Å². The van der Waals surface area contributed by atoms with Gasteiger partial charge < -0.3 is 9.47 Å². The van der Waals surface area contributed by atoms with Crippen molar-refractivity contribution < 1.29 is 14.3 Å². The Kier molecular flexibility index (Phi) is 2.89. The summed E-state index contributed by atoms with van der Waals surface area (Å²) in [5, 5.41) is 0.572. The highest BCUT2D eigenvalue weighted by molar-refractivity contribution is 6.31. The number of rotatable bonds is 0. The van der Waals surface area contributed by atoms with E-state index < -0.39 is 5.60 Å². The van der Waals surface area contributed by atoms with Gasteiger partial charge in [-0.3, -0.25) is 4.90 Å². The highest BCUT2D eigenvalue weighted by Crippen LogP contribution is 2.57. The molecule has 4 nitrogen and oxygen atoms in total. The molecule has 0 aromatic heterocycles. The molecule has 0 N–H and O–H groups in total. The van der Waals surface area contributed by atoms with Gasteiger partial charge in [-0.2, -0.15) is 0 Å². The van der Waals surface area contributed by atoms with E-state index in [2.05, 4.69) is 0 Å². The van der Waals surface area contributed by atoms with Crippen LogP contribution in [0.5, 0.6) is 11.5 Å². The van der Waals surface area contributed by atoms with Crippen LogP contribution in [0.3, 0.4) is 0 Å². The third-order valence-electron chi connectivity index (χ3n) is 5.31. The molecule has 1 unspecified atom stereocenters. The Balaban J connectivity index is 1.79. The second kappa shape index (κ2) is 4.90. The van der Waals surface area contributed by atoms with Crippen molar-refractivity contribution in [3.63, 3.8) is 0 Å². The lowest BCUT2D eigenvalue weighted by atomic mass is 9.86. The average Bonchev–Trinajstić information content (AvgIpc) is 3.10. The van der Waals surface area contributed by atoms with Crippen molar-refractivity contribution in [2.24, 2.45) is 0 Å². The van der Waals surface area contributed by atoms with E-state index in [0.29, 0.717) is 16.5 Å². The number of ether oxygens (including phenoxy) is 2. The molecule has 1 saturated heterocycles. The van der Waals surface area contributed by atoms with Crippen LogP contribution in [-0.4, -0.2) is 11.7 Å². The van der Waals surface area contributed by atoms with Gasteiger partial charge in [-0.1, -0.05) is 29.8 Å². The van der Waals surface area contributed by atoms with Crippen molar-refractivity contribution >= 4 is 23.4 Å². The third-order valence-corrected chi connectivity index (χ3v) is 5.54. The molecule has 2 aromatic rings. The molecular formula is C19H16ClNO3. The van der Waals surface area contributed by atoms with E-state index in [1.54, 1.807) is 17.0 Å². The summed E-state index contributed by atoms with van der Waals surface area (Å²) in [4.78, 5) is 14.5. The SMILES string of the molecule is O=C1OC2(CCCC2)C2c3ccccc3Oc3ccc(Cl)cc3N12. The molecule has 1 amide bonds. The van der Waals surface area contributed by atoms with Gasteiger partial charge in [-0.15, -0.1) is 0 Å². The van der Waals surface area contributed by atoms with E-state index in [0.717, 1.165) is 37.0 Å². The van der Waals surface area contributed by atoms with E-state index in [1.807, 2.05) is 30.3 Å². The lowest BCUT2D eigenvalue weighted by Gasteiger charge is -2.31. The Labute approximate surface area is 144 Å². The smallest absolute Gasteiger partial charge is 0.415 e. The number of hydrogen-bond acceptors (Lipinski definition) is 3. The first-order valence-electron chi connectivity index (χ1n) is 8.26. The number of amides is 1. The second-order valence-electron chi connectivity index (χ2n) is 6.66. The summed E-state index contributed by atoms with van der Waals surface area (Å²) >= 11 is 6.20. The maximum Gasteiger partial charge on any atom is 0.415 e. The molecule has 1 atom stereocenters. The van der Waals surface area contributed by atoms with Gasteiger partial charge in [-0.25, -0.2) is 4.79 Å². The average molecular weight is 342 g/mol. The molecule has 5 rings (SSSR count). The van der Waals surface area contributed by atoms with Crippen LogP contribution in [0, 0.1) is 0 Å². The predicted octanol–water partition coefficient (Wildman–Crippen LogP) is 5.46. The largest absolute Gasteiger partial charge is 0.455 e. The summed E-state index contributed by atoms with van der Waals surface area (Å²) in [5.74, 6) is 1.40. The van der Waals surface area contributed by atoms with Crippen molar-refractivity contribution in [2.45, 2.75) is 37.3 Å². The topological polar surface area (TPSA) is 38.8 Å². The summed E-state index contributed by atoms with van der Waals surface area (Å²) in [5.41, 5.74) is 1.20. The molecule has 1 aliphatic carbocycles. The van der Waals surface area contributed by atoms with Crippen molar-refractivity contribution in [2.75, 3.05) is 4.90 Å². The van der Waals surface area contributed by atoms with Crippen molar-refractivity contribution in [3.05, 3.63) is 53.1 Å². The fourth-order valence-corrected chi connectivity index (χ4v) is 4.48. The first kappa shape index (κ1) is 14.2. The van der Waals surface area contributed by atoms with E-state index in [4.69, 9.17) is 21.1 Å². The Morgan fingerprint density at radius 1 is 1.08 bits per heavy atom. The third kappa shape index (κ3) is 1.83. The van der Waals surface area contributed by atoms with Crippen molar-refractivity contribution in [1.82, 2.24) is 0 Å². The summed E-state index contributed by atoms with van der Waals surface area (Å²) in [6.07, 6.45) is 3.59. The maximum atomic E-state index is 12.8. The van der Waals surface area contributed by atoms with Gasteiger partial charge in [0.2, 0.25) is 0 Å². The maximum absolute atomic E-state index is 12.8. The number of anilines is 1. The summed E-state index contributed by atoms with van der Waals surface area (Å²) in [6.45, 7) is 0. The zero-order valence-electron chi connectivity index (χ0n) is 13.0. The van der Waals surface area contributed by atoms with Crippen LogP contribution in [0.15, 0.2) is 42.5 Å². The standard InChI is InChI=1S/C19H16ClNO3/c20-12-7-8-16-14(11-12)21-17(13-5-1-2-6-15(13)23-16)19(24-18(21)22)9-3-4-10-19/h1-2,5-8,11,17H,3-4,9-10H2. The lowest BCUT2D eigenvalue weighted by Crippen LogP contribution is -2.35. The summed E-state index contributed by atoms with van der Waals surface area (Å²) in [6, 6.07) is 13.1. The molecule has 3 aliphatic rings. The lowest BCUT2D eigenvalue weighted by molar-refractivity contribution is 0.0419. The molecule has 24 heavy (non-hydrogen) atoms. The number of para-hydroxylation sites is 1. The molecule has 2 aliphatic heterocycles. The van der Waals surface area contributed by atoms with E-state index >= 15 is 0 Å². The Hall–Kier alpha value is -2.20. The Morgan fingerprint density at radius 2 is 1.88 bits per heavy atom. The molecule has 122 valence electrons. The van der Waals surface area contributed by atoms with Gasteiger partial charge >= 0.3 is 6.09 Å². The molecule has 0 bridgehead atoms. The first-order valence-corrected chi connectivity index (χ1v) is 8.64. The van der Waals surface area contributed by atoms with Gasteiger partial charge in [0.05, 0.1) is 5.69 Å². The van der Waals surface area contributed by atoms with E-state index in [-0.39, 0.29) is 12.1 Å².